The van der Waals surface area contributed by atoms with Gasteiger partial charge in [-0.25, -0.2) is 15.0 Å². The van der Waals surface area contributed by atoms with Gasteiger partial charge in [0.15, 0.2) is 5.78 Å². The third kappa shape index (κ3) is 4.46. The fourth-order valence-corrected chi connectivity index (χ4v) is 6.39. The Balaban J connectivity index is 1.39. The largest absolute Gasteiger partial charge is 0.472 e. The lowest BCUT2D eigenvalue weighted by Gasteiger charge is -2.29. The average Bonchev–Trinajstić information content (AvgIpc) is 3.63. The van der Waals surface area contributed by atoms with Gasteiger partial charge < -0.3 is 19.6 Å². The molecule has 5 aromatic rings. The van der Waals surface area contributed by atoms with Crippen molar-refractivity contribution in [2.24, 2.45) is 5.92 Å². The molecule has 1 aromatic carbocycles. The van der Waals surface area contributed by atoms with E-state index in [1.165, 1.54) is 6.33 Å². The zero-order valence-corrected chi connectivity index (χ0v) is 24.1. The van der Waals surface area contributed by atoms with Crippen LogP contribution in [0.15, 0.2) is 64.3 Å². The number of halogens is 1. The molecule has 1 amide bonds. The van der Waals surface area contributed by atoms with Crippen molar-refractivity contribution in [1.82, 2.24) is 24.4 Å². The average molecular weight is 602 g/mol. The molecule has 1 aliphatic rings. The van der Waals surface area contributed by atoms with Crippen LogP contribution in [0.1, 0.15) is 31.5 Å². The summed E-state index contributed by atoms with van der Waals surface area (Å²) in [7, 11) is 0. The van der Waals surface area contributed by atoms with Crippen LogP contribution in [0.2, 0.25) is 0 Å². The standard InChI is InChI=1S/C30H29BrN6O3/c1-16-10-23(24(38)12-21-5-4-6-25(31)35-21)37(18(16)3)26(39)13-36-28-17(2)9-20(19-7-8-40-14-19)11-22(28)27-29(32)33-15-34-30(27)36/h4-9,11,14-16,18,23H,10,12-13H2,1-3H3,(H2,32,33,34)/t16-,18+,23-/m0/s1. The van der Waals surface area contributed by atoms with Crippen LogP contribution in [-0.2, 0) is 22.6 Å². The number of rotatable bonds is 6. The maximum Gasteiger partial charge on any atom is 0.243 e. The topological polar surface area (TPSA) is 120 Å². The van der Waals surface area contributed by atoms with Gasteiger partial charge in [0, 0.05) is 22.7 Å². The molecule has 204 valence electrons. The Morgan fingerprint density at radius 3 is 2.73 bits per heavy atom. The summed E-state index contributed by atoms with van der Waals surface area (Å²) < 4.78 is 7.89. The molecule has 40 heavy (non-hydrogen) atoms. The third-order valence-electron chi connectivity index (χ3n) is 8.08. The lowest BCUT2D eigenvalue weighted by atomic mass is 9.99. The number of fused-ring (bicyclic) bond motifs is 3. The highest BCUT2D eigenvalue weighted by atomic mass is 79.9. The predicted octanol–water partition coefficient (Wildman–Crippen LogP) is 5.33. The van der Waals surface area contributed by atoms with Crippen LogP contribution < -0.4 is 5.73 Å². The van der Waals surface area contributed by atoms with E-state index < -0.39 is 6.04 Å². The summed E-state index contributed by atoms with van der Waals surface area (Å²) in [6.45, 7) is 6.14. The quantitative estimate of drug-likeness (QED) is 0.261. The summed E-state index contributed by atoms with van der Waals surface area (Å²) in [6, 6.07) is 10.9. The number of hydrogen-bond donors (Lipinski definition) is 1. The van der Waals surface area contributed by atoms with Crippen molar-refractivity contribution in [3.63, 3.8) is 0 Å². The second-order valence-corrected chi connectivity index (χ2v) is 11.4. The number of aryl methyl sites for hydroxylation is 1. The van der Waals surface area contributed by atoms with Crippen LogP contribution in [0, 0.1) is 12.8 Å². The predicted molar refractivity (Wildman–Crippen MR) is 156 cm³/mol. The molecule has 0 radical (unpaired) electrons. The maximum absolute atomic E-state index is 14.1. The number of furan rings is 1. The number of likely N-dealkylation sites (tertiary alicyclic amines) is 1. The maximum atomic E-state index is 14.1. The van der Waals surface area contributed by atoms with Crippen molar-refractivity contribution in [3.05, 3.63) is 71.1 Å². The minimum Gasteiger partial charge on any atom is -0.472 e. The molecule has 4 aromatic heterocycles. The molecule has 2 N–H and O–H groups in total. The first kappa shape index (κ1) is 26.2. The molecule has 6 rings (SSSR count). The van der Waals surface area contributed by atoms with E-state index >= 15 is 0 Å². The first-order valence-electron chi connectivity index (χ1n) is 13.2. The molecule has 0 saturated carbocycles. The van der Waals surface area contributed by atoms with Crippen LogP contribution in [0.4, 0.5) is 5.82 Å². The minimum atomic E-state index is -0.514. The van der Waals surface area contributed by atoms with Crippen LogP contribution in [0.3, 0.4) is 0 Å². The molecule has 0 aliphatic carbocycles. The van der Waals surface area contributed by atoms with E-state index in [9.17, 15) is 9.59 Å². The fourth-order valence-electron chi connectivity index (χ4n) is 6.01. The van der Waals surface area contributed by atoms with Gasteiger partial charge in [-0.2, -0.15) is 0 Å². The van der Waals surface area contributed by atoms with Gasteiger partial charge >= 0.3 is 0 Å². The van der Waals surface area contributed by atoms with E-state index in [1.807, 2.05) is 48.7 Å². The number of amides is 1. The molecule has 1 fully saturated rings. The number of Topliss-reactive ketones (excluding diaryl/α,β-unsaturated/α-hetero) is 1. The van der Waals surface area contributed by atoms with Crippen molar-refractivity contribution in [1.29, 1.82) is 0 Å². The van der Waals surface area contributed by atoms with E-state index in [-0.39, 0.29) is 36.6 Å². The van der Waals surface area contributed by atoms with Gasteiger partial charge in [0.25, 0.3) is 0 Å². The van der Waals surface area contributed by atoms with Crippen molar-refractivity contribution in [3.8, 4) is 11.1 Å². The Morgan fingerprint density at radius 1 is 1.15 bits per heavy atom. The molecule has 0 unspecified atom stereocenters. The number of hydrogen-bond acceptors (Lipinski definition) is 7. The molecule has 5 heterocycles. The number of ketones is 1. The number of carbonyl (C=O) groups is 2. The molecule has 1 aliphatic heterocycles. The lowest BCUT2D eigenvalue weighted by Crippen LogP contribution is -2.46. The van der Waals surface area contributed by atoms with Crippen molar-refractivity contribution in [2.45, 2.75) is 52.2 Å². The van der Waals surface area contributed by atoms with Gasteiger partial charge in [-0.1, -0.05) is 13.0 Å². The molecule has 9 nitrogen and oxygen atoms in total. The van der Waals surface area contributed by atoms with Gasteiger partial charge in [0.2, 0.25) is 5.91 Å². The Labute approximate surface area is 239 Å². The first-order chi connectivity index (χ1) is 19.2. The Kier molecular flexibility index (Phi) is 6.66. The van der Waals surface area contributed by atoms with E-state index in [4.69, 9.17) is 10.2 Å². The highest BCUT2D eigenvalue weighted by Crippen LogP contribution is 2.37. The Hall–Kier alpha value is -4.05. The normalized spacial score (nSPS) is 19.1. The van der Waals surface area contributed by atoms with Crippen molar-refractivity contribution in [2.75, 3.05) is 5.73 Å². The summed E-state index contributed by atoms with van der Waals surface area (Å²) >= 11 is 3.38. The van der Waals surface area contributed by atoms with Crippen LogP contribution in [-0.4, -0.2) is 48.2 Å². The number of pyridine rings is 1. The highest BCUT2D eigenvalue weighted by molar-refractivity contribution is 9.10. The number of aromatic nitrogens is 4. The SMILES string of the molecule is Cc1cc(-c2ccoc2)cc2c3c(N)ncnc3n(CC(=O)N3[C@H](C)[C@@H](C)C[C@H]3C(=O)Cc3cccc(Br)n3)c12. The summed E-state index contributed by atoms with van der Waals surface area (Å²) in [6.07, 6.45) is 5.54. The van der Waals surface area contributed by atoms with Crippen LogP contribution in [0.5, 0.6) is 0 Å². The molecular formula is C30H29BrN6O3. The zero-order valence-electron chi connectivity index (χ0n) is 22.5. The number of anilines is 1. The number of nitrogens with zero attached hydrogens (tertiary/aromatic N) is 5. The Morgan fingerprint density at radius 2 is 1.98 bits per heavy atom. The van der Waals surface area contributed by atoms with Crippen molar-refractivity contribution < 1.29 is 14.0 Å². The first-order valence-corrected chi connectivity index (χ1v) is 14.0. The molecule has 0 bridgehead atoms. The molecule has 10 heteroatoms. The third-order valence-corrected chi connectivity index (χ3v) is 8.52. The summed E-state index contributed by atoms with van der Waals surface area (Å²) in [5.74, 6) is 0.392. The van der Waals surface area contributed by atoms with Crippen molar-refractivity contribution >= 4 is 55.4 Å². The minimum absolute atomic E-state index is 0.00937. The van der Waals surface area contributed by atoms with E-state index in [2.05, 4.69) is 43.9 Å². The van der Waals surface area contributed by atoms with Gasteiger partial charge in [-0.05, 0) is 83.6 Å². The van der Waals surface area contributed by atoms with E-state index in [0.29, 0.717) is 33.6 Å². The number of nitrogens with two attached hydrogens (primary N) is 1. The smallest absolute Gasteiger partial charge is 0.243 e. The van der Waals surface area contributed by atoms with Crippen LogP contribution >= 0.6 is 15.9 Å². The highest BCUT2D eigenvalue weighted by Gasteiger charge is 2.42. The monoisotopic (exact) mass is 600 g/mol. The lowest BCUT2D eigenvalue weighted by molar-refractivity contribution is -0.139. The molecule has 0 spiro atoms. The summed E-state index contributed by atoms with van der Waals surface area (Å²) in [5, 5.41) is 1.57. The number of benzene rings is 1. The van der Waals surface area contributed by atoms with Gasteiger partial charge in [-0.3, -0.25) is 9.59 Å². The zero-order chi connectivity index (χ0) is 28.1. The summed E-state index contributed by atoms with van der Waals surface area (Å²) in [4.78, 5) is 42.6. The second-order valence-electron chi connectivity index (χ2n) is 10.6. The number of carbonyl (C=O) groups excluding carboxylic acids is 2. The fraction of sp³-hybridized carbons (Fsp3) is 0.300. The molecular weight excluding hydrogens is 572 g/mol. The van der Waals surface area contributed by atoms with Gasteiger partial charge in [0.1, 0.15) is 28.9 Å². The van der Waals surface area contributed by atoms with Crippen LogP contribution in [0.25, 0.3) is 33.1 Å². The van der Waals surface area contributed by atoms with E-state index in [0.717, 1.165) is 27.6 Å². The van der Waals surface area contributed by atoms with E-state index in [1.54, 1.807) is 17.4 Å². The van der Waals surface area contributed by atoms with Gasteiger partial charge in [-0.15, -0.1) is 0 Å². The second kappa shape index (κ2) is 10.2. The molecule has 3 atom stereocenters. The Bertz CT molecular complexity index is 1760. The number of nitrogen functional groups attached to an aromatic ring is 1. The van der Waals surface area contributed by atoms with Gasteiger partial charge in [0.05, 0.1) is 35.9 Å². The summed E-state index contributed by atoms with van der Waals surface area (Å²) in [5.41, 5.74) is 11.4. The molecule has 1 saturated heterocycles.